The zero-order valence-electron chi connectivity index (χ0n) is 13.5. The minimum Gasteiger partial charge on any atom is -0.311 e. The summed E-state index contributed by atoms with van der Waals surface area (Å²) >= 11 is 1.81. The monoisotopic (exact) mass is 294 g/mol. The molecule has 2 nitrogen and oxygen atoms in total. The van der Waals surface area contributed by atoms with Crippen LogP contribution < -0.4 is 5.32 Å². The van der Waals surface area contributed by atoms with Crippen molar-refractivity contribution in [2.24, 2.45) is 5.41 Å². The Morgan fingerprint density at radius 2 is 2.20 bits per heavy atom. The Morgan fingerprint density at radius 1 is 1.40 bits per heavy atom. The van der Waals surface area contributed by atoms with E-state index in [1.165, 1.54) is 37.9 Å². The van der Waals surface area contributed by atoms with Crippen LogP contribution in [0.25, 0.3) is 0 Å². The molecular formula is C17H30N2S. The van der Waals surface area contributed by atoms with E-state index in [2.05, 4.69) is 54.7 Å². The molecule has 3 heteroatoms. The maximum atomic E-state index is 3.78. The molecule has 2 unspecified atom stereocenters. The number of hydrogen-bond acceptors (Lipinski definition) is 3. The molecule has 1 saturated heterocycles. The van der Waals surface area contributed by atoms with Crippen LogP contribution in [0, 0.1) is 5.41 Å². The van der Waals surface area contributed by atoms with Crippen molar-refractivity contribution in [3.8, 4) is 0 Å². The van der Waals surface area contributed by atoms with E-state index in [0.717, 1.165) is 12.6 Å². The molecule has 1 aliphatic heterocycles. The van der Waals surface area contributed by atoms with Gasteiger partial charge in [0.25, 0.3) is 0 Å². The van der Waals surface area contributed by atoms with E-state index >= 15 is 0 Å². The predicted molar refractivity (Wildman–Crippen MR) is 89.5 cm³/mol. The highest BCUT2D eigenvalue weighted by Gasteiger charge is 2.33. The van der Waals surface area contributed by atoms with Gasteiger partial charge in [0.05, 0.1) is 0 Å². The molecule has 0 bridgehead atoms. The second kappa shape index (κ2) is 7.06. The summed E-state index contributed by atoms with van der Waals surface area (Å²) in [5.74, 6) is 0. The van der Waals surface area contributed by atoms with E-state index in [4.69, 9.17) is 0 Å². The molecule has 0 aromatic carbocycles. The molecule has 0 spiro atoms. The molecule has 0 saturated carbocycles. The van der Waals surface area contributed by atoms with Crippen molar-refractivity contribution >= 4 is 11.3 Å². The molecule has 0 radical (unpaired) electrons. The van der Waals surface area contributed by atoms with Gasteiger partial charge in [0, 0.05) is 31.7 Å². The van der Waals surface area contributed by atoms with Crippen LogP contribution in [0.4, 0.5) is 0 Å². The number of nitrogens with one attached hydrogen (secondary N) is 1. The Morgan fingerprint density at radius 3 is 2.80 bits per heavy atom. The predicted octanol–water partition coefficient (Wildman–Crippen LogP) is 3.78. The van der Waals surface area contributed by atoms with Crippen LogP contribution in [0.5, 0.6) is 0 Å². The molecule has 0 amide bonds. The van der Waals surface area contributed by atoms with Crippen molar-refractivity contribution in [3.05, 3.63) is 22.4 Å². The number of hydrogen-bond donors (Lipinski definition) is 1. The first-order valence-corrected chi connectivity index (χ1v) is 8.93. The Bertz CT molecular complexity index is 380. The molecule has 1 fully saturated rings. The van der Waals surface area contributed by atoms with Gasteiger partial charge in [-0.3, -0.25) is 4.90 Å². The van der Waals surface area contributed by atoms with Gasteiger partial charge in [0.15, 0.2) is 0 Å². The Balaban J connectivity index is 1.95. The third kappa shape index (κ3) is 4.31. The maximum absolute atomic E-state index is 3.78. The summed E-state index contributed by atoms with van der Waals surface area (Å²) in [4.78, 5) is 2.73. The standard InChI is InChI=1S/C17H30N2S/c1-5-6-15-11-18-16(17(2,3)4)12-19(15)9-7-14-8-10-20-13-14/h8,10,13,15-16,18H,5-7,9,11-12H2,1-4H3. The summed E-state index contributed by atoms with van der Waals surface area (Å²) in [7, 11) is 0. The van der Waals surface area contributed by atoms with Crippen molar-refractivity contribution in [2.75, 3.05) is 19.6 Å². The summed E-state index contributed by atoms with van der Waals surface area (Å²) < 4.78 is 0. The van der Waals surface area contributed by atoms with Crippen LogP contribution in [0.15, 0.2) is 16.8 Å². The van der Waals surface area contributed by atoms with E-state index in [1.807, 2.05) is 11.3 Å². The van der Waals surface area contributed by atoms with Crippen LogP contribution in [-0.4, -0.2) is 36.6 Å². The molecule has 2 atom stereocenters. The van der Waals surface area contributed by atoms with Crippen molar-refractivity contribution in [2.45, 2.75) is 59.0 Å². The van der Waals surface area contributed by atoms with Crippen molar-refractivity contribution < 1.29 is 0 Å². The van der Waals surface area contributed by atoms with E-state index in [0.29, 0.717) is 11.5 Å². The van der Waals surface area contributed by atoms with Gasteiger partial charge in [-0.2, -0.15) is 11.3 Å². The second-order valence-corrected chi connectivity index (χ2v) is 7.93. The third-order valence-electron chi connectivity index (χ3n) is 4.47. The highest BCUT2D eigenvalue weighted by Crippen LogP contribution is 2.25. The summed E-state index contributed by atoms with van der Waals surface area (Å²) in [6.45, 7) is 12.9. The van der Waals surface area contributed by atoms with Crippen molar-refractivity contribution in [1.82, 2.24) is 10.2 Å². The largest absolute Gasteiger partial charge is 0.311 e. The summed E-state index contributed by atoms with van der Waals surface area (Å²) in [5.41, 5.74) is 1.84. The molecule has 1 aliphatic rings. The first-order chi connectivity index (χ1) is 9.50. The van der Waals surface area contributed by atoms with Gasteiger partial charge >= 0.3 is 0 Å². The summed E-state index contributed by atoms with van der Waals surface area (Å²) in [6.07, 6.45) is 3.79. The van der Waals surface area contributed by atoms with Crippen molar-refractivity contribution in [3.63, 3.8) is 0 Å². The second-order valence-electron chi connectivity index (χ2n) is 7.15. The summed E-state index contributed by atoms with van der Waals surface area (Å²) in [5, 5.41) is 8.26. The zero-order valence-corrected chi connectivity index (χ0v) is 14.3. The maximum Gasteiger partial charge on any atom is 0.0244 e. The lowest BCUT2D eigenvalue weighted by molar-refractivity contribution is 0.0819. The lowest BCUT2D eigenvalue weighted by atomic mass is 9.84. The van der Waals surface area contributed by atoms with Crippen LogP contribution >= 0.6 is 11.3 Å². The SMILES string of the molecule is CCCC1CNC(C(C)(C)C)CN1CCc1ccsc1. The van der Waals surface area contributed by atoms with Crippen LogP contribution in [0.2, 0.25) is 0 Å². The van der Waals surface area contributed by atoms with E-state index < -0.39 is 0 Å². The Hall–Kier alpha value is -0.380. The van der Waals surface area contributed by atoms with Gasteiger partial charge < -0.3 is 5.32 Å². The van der Waals surface area contributed by atoms with Gasteiger partial charge in [-0.1, -0.05) is 34.1 Å². The molecule has 20 heavy (non-hydrogen) atoms. The Kier molecular flexibility index (Phi) is 5.65. The fraction of sp³-hybridized carbons (Fsp3) is 0.765. The lowest BCUT2D eigenvalue weighted by Crippen LogP contribution is -2.60. The molecule has 114 valence electrons. The lowest BCUT2D eigenvalue weighted by Gasteiger charge is -2.45. The van der Waals surface area contributed by atoms with Gasteiger partial charge in [0.2, 0.25) is 0 Å². The van der Waals surface area contributed by atoms with Crippen LogP contribution in [0.1, 0.15) is 46.1 Å². The normalized spacial score (nSPS) is 25.0. The molecule has 1 aromatic heterocycles. The number of rotatable bonds is 5. The minimum atomic E-state index is 0.345. The van der Waals surface area contributed by atoms with Gasteiger partial charge in [-0.05, 0) is 40.6 Å². The smallest absolute Gasteiger partial charge is 0.0244 e. The molecule has 2 heterocycles. The van der Waals surface area contributed by atoms with Crippen LogP contribution in [0.3, 0.4) is 0 Å². The minimum absolute atomic E-state index is 0.345. The number of piperazine rings is 1. The zero-order chi connectivity index (χ0) is 14.6. The van der Waals surface area contributed by atoms with E-state index in [1.54, 1.807) is 0 Å². The molecule has 2 rings (SSSR count). The number of thiophene rings is 1. The number of nitrogens with zero attached hydrogens (tertiary/aromatic N) is 1. The molecule has 1 aromatic rings. The average Bonchev–Trinajstić information content (AvgIpc) is 2.89. The third-order valence-corrected chi connectivity index (χ3v) is 5.20. The topological polar surface area (TPSA) is 15.3 Å². The molecular weight excluding hydrogens is 264 g/mol. The first-order valence-electron chi connectivity index (χ1n) is 7.99. The molecule has 0 aliphatic carbocycles. The Labute approximate surface area is 128 Å². The van der Waals surface area contributed by atoms with Gasteiger partial charge in [-0.25, -0.2) is 0 Å². The fourth-order valence-electron chi connectivity index (χ4n) is 3.03. The fourth-order valence-corrected chi connectivity index (χ4v) is 3.74. The average molecular weight is 295 g/mol. The van der Waals surface area contributed by atoms with E-state index in [-0.39, 0.29) is 0 Å². The highest BCUT2D eigenvalue weighted by molar-refractivity contribution is 7.07. The molecule has 1 N–H and O–H groups in total. The quantitative estimate of drug-likeness (QED) is 0.889. The summed E-state index contributed by atoms with van der Waals surface area (Å²) in [6, 6.07) is 3.60. The van der Waals surface area contributed by atoms with Gasteiger partial charge in [0.1, 0.15) is 0 Å². The van der Waals surface area contributed by atoms with E-state index in [9.17, 15) is 0 Å². The van der Waals surface area contributed by atoms with Gasteiger partial charge in [-0.15, -0.1) is 0 Å². The van der Waals surface area contributed by atoms with Crippen LogP contribution in [-0.2, 0) is 6.42 Å². The highest BCUT2D eigenvalue weighted by atomic mass is 32.1. The first kappa shape index (κ1) is 16.0. The van der Waals surface area contributed by atoms with Crippen molar-refractivity contribution in [1.29, 1.82) is 0 Å².